The fourth-order valence-electron chi connectivity index (χ4n) is 2.10. The van der Waals surface area contributed by atoms with Crippen molar-refractivity contribution in [2.45, 2.75) is 38.5 Å². The van der Waals surface area contributed by atoms with E-state index < -0.39 is 5.60 Å². The van der Waals surface area contributed by atoms with Gasteiger partial charge in [-0.25, -0.2) is 0 Å². The monoisotopic (exact) mass is 236 g/mol. The Kier molecular flexibility index (Phi) is 3.76. The molecule has 4 heteroatoms. The predicted octanol–water partition coefficient (Wildman–Crippen LogP) is 1.02. The molecule has 0 aromatic carbocycles. The number of hydrogen-bond acceptors (Lipinski definition) is 4. The molecule has 1 aliphatic heterocycles. The highest BCUT2D eigenvalue weighted by Gasteiger charge is 2.38. The third-order valence-corrected chi connectivity index (χ3v) is 3.50. The Balaban J connectivity index is 1.86. The van der Waals surface area contributed by atoms with E-state index in [4.69, 9.17) is 4.74 Å². The van der Waals surface area contributed by atoms with Crippen LogP contribution in [0.1, 0.15) is 24.6 Å². The first-order valence-electron chi connectivity index (χ1n) is 6.07. The number of aryl methyl sites for hydroxylation is 1. The SMILES string of the molecule is Cc1cccnc1CNCC1(O)CCOC1C. The van der Waals surface area contributed by atoms with Crippen molar-refractivity contribution in [2.75, 3.05) is 13.2 Å². The molecule has 1 fully saturated rings. The van der Waals surface area contributed by atoms with Crippen LogP contribution in [-0.4, -0.2) is 34.9 Å². The Labute approximate surface area is 102 Å². The zero-order valence-corrected chi connectivity index (χ0v) is 10.4. The van der Waals surface area contributed by atoms with Crippen LogP contribution in [0.2, 0.25) is 0 Å². The van der Waals surface area contributed by atoms with Crippen molar-refractivity contribution < 1.29 is 9.84 Å². The summed E-state index contributed by atoms with van der Waals surface area (Å²) in [5, 5.41) is 13.6. The first kappa shape index (κ1) is 12.5. The van der Waals surface area contributed by atoms with E-state index in [0.717, 1.165) is 5.69 Å². The molecular weight excluding hydrogens is 216 g/mol. The summed E-state index contributed by atoms with van der Waals surface area (Å²) in [6.07, 6.45) is 2.39. The molecule has 2 unspecified atom stereocenters. The lowest BCUT2D eigenvalue weighted by molar-refractivity contribution is -0.0263. The van der Waals surface area contributed by atoms with Gasteiger partial charge in [0.25, 0.3) is 0 Å². The van der Waals surface area contributed by atoms with Crippen LogP contribution >= 0.6 is 0 Å². The van der Waals surface area contributed by atoms with Crippen LogP contribution in [0.5, 0.6) is 0 Å². The van der Waals surface area contributed by atoms with Gasteiger partial charge in [0, 0.05) is 32.3 Å². The van der Waals surface area contributed by atoms with Crippen molar-refractivity contribution >= 4 is 0 Å². The average Bonchev–Trinajstić information content (AvgIpc) is 2.62. The van der Waals surface area contributed by atoms with Crippen molar-refractivity contribution in [1.29, 1.82) is 0 Å². The maximum atomic E-state index is 10.3. The molecule has 0 amide bonds. The lowest BCUT2D eigenvalue weighted by Gasteiger charge is -2.26. The Hall–Kier alpha value is -0.970. The summed E-state index contributed by atoms with van der Waals surface area (Å²) in [6, 6.07) is 3.97. The fraction of sp³-hybridized carbons (Fsp3) is 0.615. The van der Waals surface area contributed by atoms with E-state index in [1.165, 1.54) is 5.56 Å². The highest BCUT2D eigenvalue weighted by molar-refractivity contribution is 5.17. The van der Waals surface area contributed by atoms with Gasteiger partial charge in [0.05, 0.1) is 11.8 Å². The van der Waals surface area contributed by atoms with E-state index in [-0.39, 0.29) is 6.10 Å². The topological polar surface area (TPSA) is 54.4 Å². The molecule has 0 saturated carbocycles. The molecule has 17 heavy (non-hydrogen) atoms. The second-order valence-corrected chi connectivity index (χ2v) is 4.74. The Bertz CT molecular complexity index is 383. The highest BCUT2D eigenvalue weighted by atomic mass is 16.5. The number of nitrogens with one attached hydrogen (secondary N) is 1. The molecule has 0 bridgehead atoms. The fourth-order valence-corrected chi connectivity index (χ4v) is 2.10. The van der Waals surface area contributed by atoms with Crippen molar-refractivity contribution in [3.8, 4) is 0 Å². The van der Waals surface area contributed by atoms with Crippen LogP contribution in [-0.2, 0) is 11.3 Å². The summed E-state index contributed by atoms with van der Waals surface area (Å²) in [5.74, 6) is 0. The normalized spacial score (nSPS) is 28.5. The molecule has 0 spiro atoms. The zero-order valence-electron chi connectivity index (χ0n) is 10.4. The van der Waals surface area contributed by atoms with Gasteiger partial charge in [-0.05, 0) is 25.5 Å². The van der Waals surface area contributed by atoms with E-state index in [0.29, 0.717) is 26.1 Å². The molecule has 4 nitrogen and oxygen atoms in total. The summed E-state index contributed by atoms with van der Waals surface area (Å²) in [5.41, 5.74) is 1.47. The maximum absolute atomic E-state index is 10.3. The third kappa shape index (κ3) is 2.83. The van der Waals surface area contributed by atoms with Gasteiger partial charge in [0.2, 0.25) is 0 Å². The van der Waals surface area contributed by atoms with Crippen molar-refractivity contribution in [1.82, 2.24) is 10.3 Å². The van der Waals surface area contributed by atoms with Crippen LogP contribution in [0.3, 0.4) is 0 Å². The van der Waals surface area contributed by atoms with Gasteiger partial charge in [0.1, 0.15) is 5.60 Å². The van der Waals surface area contributed by atoms with Gasteiger partial charge in [-0.3, -0.25) is 4.98 Å². The molecule has 1 aliphatic rings. The molecule has 0 aliphatic carbocycles. The standard InChI is InChI=1S/C13H20N2O2/c1-10-4-3-6-15-12(10)8-14-9-13(16)5-7-17-11(13)2/h3-4,6,11,14,16H,5,7-9H2,1-2H3. The van der Waals surface area contributed by atoms with Crippen LogP contribution in [0, 0.1) is 6.92 Å². The van der Waals surface area contributed by atoms with Crippen molar-refractivity contribution in [3.05, 3.63) is 29.6 Å². The lowest BCUT2D eigenvalue weighted by atomic mass is 9.97. The number of nitrogens with zero attached hydrogens (tertiary/aromatic N) is 1. The molecule has 0 radical (unpaired) electrons. The van der Waals surface area contributed by atoms with E-state index in [9.17, 15) is 5.11 Å². The number of ether oxygens (including phenoxy) is 1. The summed E-state index contributed by atoms with van der Waals surface area (Å²) in [6.45, 7) is 5.83. The number of pyridine rings is 1. The Morgan fingerprint density at radius 1 is 1.65 bits per heavy atom. The molecule has 1 aromatic rings. The largest absolute Gasteiger partial charge is 0.386 e. The Morgan fingerprint density at radius 3 is 3.12 bits per heavy atom. The smallest absolute Gasteiger partial charge is 0.105 e. The van der Waals surface area contributed by atoms with Crippen LogP contribution < -0.4 is 5.32 Å². The van der Waals surface area contributed by atoms with Gasteiger partial charge in [0.15, 0.2) is 0 Å². The van der Waals surface area contributed by atoms with Gasteiger partial charge < -0.3 is 15.2 Å². The van der Waals surface area contributed by atoms with Crippen LogP contribution in [0.25, 0.3) is 0 Å². The average molecular weight is 236 g/mol. The van der Waals surface area contributed by atoms with Crippen LogP contribution in [0.4, 0.5) is 0 Å². The van der Waals surface area contributed by atoms with Gasteiger partial charge in [-0.1, -0.05) is 6.07 Å². The lowest BCUT2D eigenvalue weighted by Crippen LogP contribution is -2.45. The summed E-state index contributed by atoms with van der Waals surface area (Å²) < 4.78 is 5.39. The molecule has 2 heterocycles. The summed E-state index contributed by atoms with van der Waals surface area (Å²) >= 11 is 0. The number of aromatic nitrogens is 1. The Morgan fingerprint density at radius 2 is 2.47 bits per heavy atom. The summed E-state index contributed by atoms with van der Waals surface area (Å²) in [4.78, 5) is 4.31. The second-order valence-electron chi connectivity index (χ2n) is 4.74. The molecule has 2 rings (SSSR count). The molecular formula is C13H20N2O2. The van der Waals surface area contributed by atoms with Crippen molar-refractivity contribution in [3.63, 3.8) is 0 Å². The highest BCUT2D eigenvalue weighted by Crippen LogP contribution is 2.24. The molecule has 2 atom stereocenters. The predicted molar refractivity (Wildman–Crippen MR) is 65.7 cm³/mol. The van der Waals surface area contributed by atoms with Gasteiger partial charge in [-0.2, -0.15) is 0 Å². The molecule has 1 saturated heterocycles. The van der Waals surface area contributed by atoms with E-state index in [1.807, 2.05) is 26.0 Å². The first-order chi connectivity index (χ1) is 8.12. The van der Waals surface area contributed by atoms with E-state index in [2.05, 4.69) is 10.3 Å². The maximum Gasteiger partial charge on any atom is 0.105 e. The van der Waals surface area contributed by atoms with Gasteiger partial charge in [-0.15, -0.1) is 0 Å². The first-order valence-corrected chi connectivity index (χ1v) is 6.07. The minimum absolute atomic E-state index is 0.0974. The second kappa shape index (κ2) is 5.12. The van der Waals surface area contributed by atoms with E-state index >= 15 is 0 Å². The van der Waals surface area contributed by atoms with Crippen molar-refractivity contribution in [2.24, 2.45) is 0 Å². The third-order valence-electron chi connectivity index (χ3n) is 3.50. The number of aliphatic hydroxyl groups is 1. The molecule has 94 valence electrons. The minimum Gasteiger partial charge on any atom is -0.386 e. The zero-order chi connectivity index (χ0) is 12.3. The molecule has 1 aromatic heterocycles. The summed E-state index contributed by atoms with van der Waals surface area (Å²) in [7, 11) is 0. The minimum atomic E-state index is -0.733. The quantitative estimate of drug-likeness (QED) is 0.819. The number of rotatable bonds is 4. The van der Waals surface area contributed by atoms with Crippen LogP contribution in [0.15, 0.2) is 18.3 Å². The number of hydrogen-bond donors (Lipinski definition) is 2. The van der Waals surface area contributed by atoms with Gasteiger partial charge >= 0.3 is 0 Å². The molecule has 2 N–H and O–H groups in total. The van der Waals surface area contributed by atoms with E-state index in [1.54, 1.807) is 6.20 Å².